The molecule has 22 nitrogen and oxygen atoms in total. The van der Waals surface area contributed by atoms with Crippen LogP contribution in [0, 0.1) is 0 Å². The zero-order chi connectivity index (χ0) is 52.8. The number of phenolic OH excluding ortho intramolecular Hbond substituents is 4. The van der Waals surface area contributed by atoms with Gasteiger partial charge in [0, 0.05) is 24.3 Å². The average molecular weight is 1020 g/mol. The molecule has 2 saturated heterocycles. The number of carbonyl (C=O) groups excluding carboxylic acids is 4. The van der Waals surface area contributed by atoms with Crippen LogP contribution < -0.4 is 14.2 Å². The molecule has 4 aromatic rings. The third-order valence-electron chi connectivity index (χ3n) is 11.0. The van der Waals surface area contributed by atoms with E-state index >= 15 is 0 Å². The van der Waals surface area contributed by atoms with Gasteiger partial charge in [-0.05, 0) is 95.1 Å². The Morgan fingerprint density at radius 2 is 0.945 bits per heavy atom. The van der Waals surface area contributed by atoms with E-state index in [1.807, 2.05) is 0 Å². The fourth-order valence-corrected chi connectivity index (χ4v) is 7.18. The average Bonchev–Trinajstić information content (AvgIpc) is 3.64. The molecule has 22 heteroatoms. The predicted molar refractivity (Wildman–Crippen MR) is 252 cm³/mol. The summed E-state index contributed by atoms with van der Waals surface area (Å²) in [7, 11) is 3.98. The molecule has 0 spiro atoms. The molecular weight excluding hydrogens is 965 g/mol. The molecule has 0 aliphatic carbocycles. The van der Waals surface area contributed by atoms with E-state index in [1.54, 1.807) is 0 Å². The van der Waals surface area contributed by atoms with Crippen molar-refractivity contribution in [2.75, 3.05) is 41.2 Å². The van der Waals surface area contributed by atoms with Gasteiger partial charge in [-0.2, -0.15) is 0 Å². The molecule has 388 valence electrons. The van der Waals surface area contributed by atoms with Gasteiger partial charge in [0.2, 0.25) is 5.79 Å². The molecule has 0 unspecified atom stereocenters. The molecule has 2 fully saturated rings. The number of benzene rings is 4. The first-order valence-corrected chi connectivity index (χ1v) is 22.0. The Kier molecular flexibility index (Phi) is 18.6. The van der Waals surface area contributed by atoms with E-state index < -0.39 is 98.5 Å². The van der Waals surface area contributed by atoms with Gasteiger partial charge in [-0.3, -0.25) is 0 Å². The van der Waals surface area contributed by atoms with Gasteiger partial charge in [-0.1, -0.05) is 30.3 Å². The Morgan fingerprint density at radius 3 is 1.42 bits per heavy atom. The molecular formula is C51H52O22. The zero-order valence-corrected chi connectivity index (χ0v) is 39.2. The monoisotopic (exact) mass is 1020 g/mol. The van der Waals surface area contributed by atoms with E-state index in [1.165, 1.54) is 124 Å². The Labute approximate surface area is 416 Å². The summed E-state index contributed by atoms with van der Waals surface area (Å²) in [6, 6.07) is 18.3. The van der Waals surface area contributed by atoms with Gasteiger partial charge in [0.1, 0.15) is 62.2 Å². The molecule has 0 radical (unpaired) electrons. The van der Waals surface area contributed by atoms with E-state index in [0.29, 0.717) is 22.3 Å². The van der Waals surface area contributed by atoms with Crippen molar-refractivity contribution in [3.05, 3.63) is 125 Å². The van der Waals surface area contributed by atoms with Crippen LogP contribution in [0.3, 0.4) is 0 Å². The number of aromatic hydroxyl groups is 4. The van der Waals surface area contributed by atoms with E-state index in [0.717, 1.165) is 24.3 Å². The van der Waals surface area contributed by atoms with Crippen molar-refractivity contribution in [2.45, 2.75) is 54.8 Å². The van der Waals surface area contributed by atoms with Gasteiger partial charge in [-0.25, -0.2) is 19.2 Å². The highest BCUT2D eigenvalue weighted by Gasteiger charge is 2.62. The number of hydrogen-bond donors (Lipinski definition) is 8. The molecule has 0 bridgehead atoms. The van der Waals surface area contributed by atoms with E-state index in [2.05, 4.69) is 0 Å². The van der Waals surface area contributed by atoms with Crippen molar-refractivity contribution < 1.29 is 107 Å². The molecule has 6 rings (SSSR count). The maximum absolute atomic E-state index is 13.6. The standard InChI is InChI=1S/C51H52O22/c1-64-36-22-29(6-15-33(36)53)10-18-41(56)67-25-39-45(60)47(62)48(63)50(70-39)73-51(27-69-43(58)20-12-31-8-17-35(55)38(24-31)66-3)49(71-44(59)21-9-28-4-13-32(52)14-5-28)46(61)40(72-51)26-68-42(57)19-11-30-7-16-34(54)37(23-30)65-2/h4-24,39-40,45-50,52-55,60-63H,25-27H2,1-3H3/b18-10+,19-11+,20-12+,21-9+/t39-,40-,45+,46-,47+,48-,49+,50-,51+/m1/s1. The highest BCUT2D eigenvalue weighted by molar-refractivity contribution is 5.89. The third-order valence-corrected chi connectivity index (χ3v) is 11.0. The Bertz CT molecular complexity index is 2700. The van der Waals surface area contributed by atoms with Gasteiger partial charge >= 0.3 is 23.9 Å². The topological polar surface area (TPSA) is 322 Å². The zero-order valence-electron chi connectivity index (χ0n) is 39.2. The molecule has 2 aliphatic rings. The quantitative estimate of drug-likeness (QED) is 0.0358. The number of aliphatic hydroxyl groups is 4. The van der Waals surface area contributed by atoms with Crippen LogP contribution in [0.4, 0.5) is 0 Å². The first-order chi connectivity index (χ1) is 34.9. The minimum absolute atomic E-state index is 0.0585. The number of aliphatic hydroxyl groups excluding tert-OH is 4. The number of phenols is 4. The van der Waals surface area contributed by atoms with Crippen LogP contribution in [0.5, 0.6) is 40.2 Å². The summed E-state index contributed by atoms with van der Waals surface area (Å²) in [5.41, 5.74) is 1.64. The second-order valence-corrected chi connectivity index (χ2v) is 16.0. The summed E-state index contributed by atoms with van der Waals surface area (Å²) in [6.07, 6.45) is -6.60. The Morgan fingerprint density at radius 1 is 0.521 bits per heavy atom. The van der Waals surface area contributed by atoms with Crippen LogP contribution in [0.2, 0.25) is 0 Å². The van der Waals surface area contributed by atoms with E-state index in [-0.39, 0.29) is 40.2 Å². The lowest BCUT2D eigenvalue weighted by molar-refractivity contribution is -0.383. The summed E-state index contributed by atoms with van der Waals surface area (Å²) in [5.74, 6) is -7.14. The second kappa shape index (κ2) is 24.9. The summed E-state index contributed by atoms with van der Waals surface area (Å²) >= 11 is 0. The Balaban J connectivity index is 1.29. The SMILES string of the molecule is COc1cc(/C=C/C(=O)OC[C@H]2O[C@H](O[C@]3(COC(=O)/C=C/c4ccc(O)c(OC)c4)O[C@H](COC(=O)/C=C/c4ccc(O)c(OC)c4)[C@@H](O)[C@@H]3OC(=O)/C=C/c3ccc(O)cc3)[C@H](O)[C@@H](O)[C@H]2O)ccc1O. The first kappa shape index (κ1) is 54.4. The smallest absolute Gasteiger partial charge is 0.331 e. The summed E-state index contributed by atoms with van der Waals surface area (Å²) in [6.45, 7) is -2.66. The van der Waals surface area contributed by atoms with Crippen LogP contribution in [-0.4, -0.2) is 161 Å². The second-order valence-electron chi connectivity index (χ2n) is 16.0. The molecule has 9 atom stereocenters. The van der Waals surface area contributed by atoms with Crippen molar-refractivity contribution in [3.63, 3.8) is 0 Å². The molecule has 2 aliphatic heterocycles. The minimum Gasteiger partial charge on any atom is -0.508 e. The van der Waals surface area contributed by atoms with Gasteiger partial charge in [0.15, 0.2) is 46.9 Å². The van der Waals surface area contributed by atoms with Crippen molar-refractivity contribution >= 4 is 48.2 Å². The van der Waals surface area contributed by atoms with Crippen molar-refractivity contribution in [1.82, 2.24) is 0 Å². The van der Waals surface area contributed by atoms with E-state index in [9.17, 15) is 60.0 Å². The minimum atomic E-state index is -2.73. The van der Waals surface area contributed by atoms with Gasteiger partial charge in [0.05, 0.1) is 21.3 Å². The molecule has 2 heterocycles. The van der Waals surface area contributed by atoms with Crippen LogP contribution in [-0.2, 0) is 52.3 Å². The fourth-order valence-electron chi connectivity index (χ4n) is 7.18. The molecule has 4 aromatic carbocycles. The predicted octanol–water partition coefficient (Wildman–Crippen LogP) is 2.51. The van der Waals surface area contributed by atoms with Crippen LogP contribution in [0.15, 0.2) is 103 Å². The van der Waals surface area contributed by atoms with Crippen LogP contribution in [0.1, 0.15) is 22.3 Å². The number of carbonyl (C=O) groups is 4. The number of esters is 4. The lowest BCUT2D eigenvalue weighted by atomic mass is 9.98. The molecule has 0 amide bonds. The normalized spacial score (nSPS) is 23.9. The molecule has 0 aromatic heterocycles. The summed E-state index contributed by atoms with van der Waals surface area (Å²) in [5, 5.41) is 84.7. The Hall–Kier alpha value is -7.96. The number of methoxy groups -OCH3 is 3. The lowest BCUT2D eigenvalue weighted by Gasteiger charge is -2.43. The fraction of sp³-hybridized carbons (Fsp3) is 0.294. The van der Waals surface area contributed by atoms with E-state index in [4.69, 9.17) is 47.4 Å². The van der Waals surface area contributed by atoms with Crippen molar-refractivity contribution in [2.24, 2.45) is 0 Å². The summed E-state index contributed by atoms with van der Waals surface area (Å²) in [4.78, 5) is 52.8. The van der Waals surface area contributed by atoms with Crippen LogP contribution >= 0.6 is 0 Å². The molecule has 8 N–H and O–H groups in total. The van der Waals surface area contributed by atoms with Gasteiger partial charge in [0.25, 0.3) is 0 Å². The first-order valence-electron chi connectivity index (χ1n) is 22.0. The van der Waals surface area contributed by atoms with Crippen molar-refractivity contribution in [1.29, 1.82) is 0 Å². The molecule has 0 saturated carbocycles. The number of hydrogen-bond acceptors (Lipinski definition) is 22. The largest absolute Gasteiger partial charge is 0.508 e. The number of rotatable bonds is 20. The highest BCUT2D eigenvalue weighted by atomic mass is 16.8. The number of ether oxygens (including phenoxy) is 10. The van der Waals surface area contributed by atoms with Gasteiger partial charge < -0.3 is 88.2 Å². The van der Waals surface area contributed by atoms with Gasteiger partial charge in [-0.15, -0.1) is 0 Å². The highest BCUT2D eigenvalue weighted by Crippen LogP contribution is 2.39. The molecule has 73 heavy (non-hydrogen) atoms. The maximum Gasteiger partial charge on any atom is 0.331 e. The lowest BCUT2D eigenvalue weighted by Crippen LogP contribution is -2.63. The maximum atomic E-state index is 13.6. The third kappa shape index (κ3) is 14.4. The van der Waals surface area contributed by atoms with Crippen molar-refractivity contribution in [3.8, 4) is 40.2 Å². The van der Waals surface area contributed by atoms with Crippen LogP contribution in [0.25, 0.3) is 24.3 Å². The summed E-state index contributed by atoms with van der Waals surface area (Å²) < 4.78 is 55.3.